The first-order valence-electron chi connectivity index (χ1n) is 6.94. The van der Waals surface area contributed by atoms with Gasteiger partial charge < -0.3 is 10.4 Å². The van der Waals surface area contributed by atoms with Gasteiger partial charge in [0.1, 0.15) is 0 Å². The highest BCUT2D eigenvalue weighted by Gasteiger charge is 2.06. The van der Waals surface area contributed by atoms with Gasteiger partial charge in [0.05, 0.1) is 6.10 Å². The van der Waals surface area contributed by atoms with E-state index in [-0.39, 0.29) is 0 Å². The second-order valence-corrected chi connectivity index (χ2v) is 6.54. The van der Waals surface area contributed by atoms with Crippen LogP contribution in [0.5, 0.6) is 0 Å². The predicted octanol–water partition coefficient (Wildman–Crippen LogP) is 2.56. The van der Waals surface area contributed by atoms with Crippen LogP contribution >= 0.6 is 0 Å². The minimum atomic E-state index is -0.938. The van der Waals surface area contributed by atoms with Crippen LogP contribution in [0, 0.1) is 6.92 Å². The van der Waals surface area contributed by atoms with Crippen LogP contribution in [0.1, 0.15) is 22.8 Å². The lowest BCUT2D eigenvalue weighted by Crippen LogP contribution is -2.21. The van der Waals surface area contributed by atoms with E-state index >= 15 is 0 Å². The summed E-state index contributed by atoms with van der Waals surface area (Å²) in [5.74, 6) is 0. The van der Waals surface area contributed by atoms with E-state index in [9.17, 15) is 9.32 Å². The van der Waals surface area contributed by atoms with Crippen molar-refractivity contribution in [2.24, 2.45) is 0 Å². The van der Waals surface area contributed by atoms with Crippen LogP contribution in [0.4, 0.5) is 0 Å². The number of aliphatic hydroxyl groups excluding tert-OH is 1. The molecular formula is C17H21NO2S. The normalized spacial score (nSPS) is 13.9. The molecule has 2 rings (SSSR count). The number of nitrogens with one attached hydrogen (secondary N) is 1. The van der Waals surface area contributed by atoms with Crippen molar-refractivity contribution in [1.82, 2.24) is 5.32 Å². The smallest absolute Gasteiger partial charge is 0.0914 e. The number of rotatable bonds is 6. The fraction of sp³-hybridized carbons (Fsp3) is 0.294. The molecule has 0 fully saturated rings. The van der Waals surface area contributed by atoms with Crippen LogP contribution in [0.15, 0.2) is 53.4 Å². The number of aryl methyl sites for hydroxylation is 1. The molecule has 4 heteroatoms. The first kappa shape index (κ1) is 15.9. The number of aliphatic hydroxyl groups is 1. The van der Waals surface area contributed by atoms with Gasteiger partial charge in [0.2, 0.25) is 0 Å². The molecule has 0 heterocycles. The lowest BCUT2D eigenvalue weighted by molar-refractivity contribution is 0.174. The van der Waals surface area contributed by atoms with Crippen LogP contribution in [-0.4, -0.2) is 22.1 Å². The zero-order valence-corrected chi connectivity index (χ0v) is 13.2. The van der Waals surface area contributed by atoms with Gasteiger partial charge in [-0.3, -0.25) is 4.21 Å². The third kappa shape index (κ3) is 4.77. The molecule has 2 unspecified atom stereocenters. The summed E-state index contributed by atoms with van der Waals surface area (Å²) >= 11 is 0. The molecule has 2 aromatic rings. The molecule has 2 atom stereocenters. The van der Waals surface area contributed by atoms with Gasteiger partial charge in [-0.2, -0.15) is 0 Å². The lowest BCUT2D eigenvalue weighted by Gasteiger charge is -2.12. The maximum atomic E-state index is 11.3. The van der Waals surface area contributed by atoms with E-state index in [1.54, 1.807) is 6.26 Å². The Morgan fingerprint density at radius 2 is 1.71 bits per heavy atom. The van der Waals surface area contributed by atoms with Crippen molar-refractivity contribution in [3.63, 3.8) is 0 Å². The van der Waals surface area contributed by atoms with Crippen molar-refractivity contribution in [3.05, 3.63) is 65.2 Å². The van der Waals surface area contributed by atoms with Gasteiger partial charge in [0.15, 0.2) is 0 Å². The second-order valence-electron chi connectivity index (χ2n) is 5.16. The molecular weight excluding hydrogens is 282 g/mol. The van der Waals surface area contributed by atoms with Crippen LogP contribution < -0.4 is 5.32 Å². The Labute approximate surface area is 128 Å². The van der Waals surface area contributed by atoms with E-state index in [4.69, 9.17) is 0 Å². The Morgan fingerprint density at radius 1 is 1.10 bits per heavy atom. The molecule has 0 spiro atoms. The van der Waals surface area contributed by atoms with E-state index in [2.05, 4.69) is 5.32 Å². The first-order chi connectivity index (χ1) is 10.1. The molecule has 0 aliphatic rings. The van der Waals surface area contributed by atoms with Crippen LogP contribution in [-0.2, 0) is 17.3 Å². The van der Waals surface area contributed by atoms with Gasteiger partial charge in [-0.1, -0.05) is 42.0 Å². The van der Waals surface area contributed by atoms with E-state index in [1.165, 1.54) is 5.56 Å². The Morgan fingerprint density at radius 3 is 2.29 bits per heavy atom. The third-order valence-electron chi connectivity index (χ3n) is 3.38. The molecule has 0 saturated heterocycles. The maximum absolute atomic E-state index is 11.3. The van der Waals surface area contributed by atoms with Crippen molar-refractivity contribution in [1.29, 1.82) is 0 Å². The predicted molar refractivity (Wildman–Crippen MR) is 86.6 cm³/mol. The van der Waals surface area contributed by atoms with Crippen molar-refractivity contribution in [3.8, 4) is 0 Å². The highest BCUT2D eigenvalue weighted by atomic mass is 32.2. The van der Waals surface area contributed by atoms with Gasteiger partial charge >= 0.3 is 0 Å². The Bertz CT molecular complexity index is 593. The Kier molecular flexibility index (Phi) is 5.67. The fourth-order valence-electron chi connectivity index (χ4n) is 2.06. The molecule has 0 amide bonds. The zero-order chi connectivity index (χ0) is 15.2. The molecule has 3 nitrogen and oxygen atoms in total. The minimum absolute atomic E-state index is 0.504. The molecule has 0 radical (unpaired) electrons. The third-order valence-corrected chi connectivity index (χ3v) is 4.32. The monoisotopic (exact) mass is 303 g/mol. The minimum Gasteiger partial charge on any atom is -0.387 e. The molecule has 21 heavy (non-hydrogen) atoms. The Hall–Kier alpha value is -1.49. The number of benzene rings is 2. The summed E-state index contributed by atoms with van der Waals surface area (Å²) in [7, 11) is -0.938. The van der Waals surface area contributed by atoms with Crippen LogP contribution in [0.2, 0.25) is 0 Å². The molecule has 0 saturated carbocycles. The topological polar surface area (TPSA) is 49.3 Å². The summed E-state index contributed by atoms with van der Waals surface area (Å²) in [6.45, 7) is 3.21. The zero-order valence-electron chi connectivity index (χ0n) is 12.4. The van der Waals surface area contributed by atoms with Gasteiger partial charge in [0, 0.05) is 35.0 Å². The standard InChI is InChI=1S/C17H21NO2S/c1-13-3-7-15(8-4-13)17(19)12-18-11-14-5-9-16(10-6-14)21(2)20/h3-10,17-19H,11-12H2,1-2H3. The SMILES string of the molecule is Cc1ccc(C(O)CNCc2ccc(S(C)=O)cc2)cc1. The molecule has 0 bridgehead atoms. The summed E-state index contributed by atoms with van der Waals surface area (Å²) in [6, 6.07) is 15.6. The van der Waals surface area contributed by atoms with Gasteiger partial charge in [-0.05, 0) is 30.2 Å². The molecule has 0 aromatic heterocycles. The average Bonchev–Trinajstić information content (AvgIpc) is 2.48. The summed E-state index contributed by atoms with van der Waals surface area (Å²) < 4.78 is 11.3. The summed E-state index contributed by atoms with van der Waals surface area (Å²) in [6.07, 6.45) is 1.17. The summed E-state index contributed by atoms with van der Waals surface area (Å²) in [4.78, 5) is 0.832. The van der Waals surface area contributed by atoms with Gasteiger partial charge in [-0.15, -0.1) is 0 Å². The number of hydrogen-bond acceptors (Lipinski definition) is 3. The average molecular weight is 303 g/mol. The van der Waals surface area contributed by atoms with E-state index < -0.39 is 16.9 Å². The Balaban J connectivity index is 1.83. The molecule has 112 valence electrons. The maximum Gasteiger partial charge on any atom is 0.0914 e. The molecule has 0 aliphatic carbocycles. The van der Waals surface area contributed by atoms with Crippen molar-refractivity contribution < 1.29 is 9.32 Å². The van der Waals surface area contributed by atoms with Crippen molar-refractivity contribution in [2.45, 2.75) is 24.5 Å². The summed E-state index contributed by atoms with van der Waals surface area (Å²) in [5.41, 5.74) is 3.22. The van der Waals surface area contributed by atoms with Gasteiger partial charge in [-0.25, -0.2) is 0 Å². The van der Waals surface area contributed by atoms with E-state index in [1.807, 2.05) is 55.5 Å². The quantitative estimate of drug-likeness (QED) is 0.862. The highest BCUT2D eigenvalue weighted by molar-refractivity contribution is 7.84. The largest absolute Gasteiger partial charge is 0.387 e. The summed E-state index contributed by atoms with van der Waals surface area (Å²) in [5, 5.41) is 13.3. The molecule has 2 aromatic carbocycles. The van der Waals surface area contributed by atoms with E-state index in [0.717, 1.165) is 16.0 Å². The first-order valence-corrected chi connectivity index (χ1v) is 8.50. The van der Waals surface area contributed by atoms with Crippen LogP contribution in [0.3, 0.4) is 0 Å². The van der Waals surface area contributed by atoms with Crippen molar-refractivity contribution >= 4 is 10.8 Å². The molecule has 0 aliphatic heterocycles. The lowest BCUT2D eigenvalue weighted by atomic mass is 10.1. The van der Waals surface area contributed by atoms with Crippen molar-refractivity contribution in [2.75, 3.05) is 12.8 Å². The highest BCUT2D eigenvalue weighted by Crippen LogP contribution is 2.13. The van der Waals surface area contributed by atoms with Crippen LogP contribution in [0.25, 0.3) is 0 Å². The second kappa shape index (κ2) is 7.50. The fourth-order valence-corrected chi connectivity index (χ4v) is 2.58. The molecule has 2 N–H and O–H groups in total. The van der Waals surface area contributed by atoms with E-state index in [0.29, 0.717) is 13.1 Å². The van der Waals surface area contributed by atoms with Gasteiger partial charge in [0.25, 0.3) is 0 Å². The number of hydrogen-bond donors (Lipinski definition) is 2.